The van der Waals surface area contributed by atoms with Gasteiger partial charge in [-0.1, -0.05) is 23.7 Å². The smallest absolute Gasteiger partial charge is 0.329 e. The molecule has 0 bridgehead atoms. The summed E-state index contributed by atoms with van der Waals surface area (Å²) in [6, 6.07) is 3.41. The van der Waals surface area contributed by atoms with Crippen molar-refractivity contribution in [2.75, 3.05) is 18.6 Å². The van der Waals surface area contributed by atoms with Gasteiger partial charge in [-0.3, -0.25) is 14.5 Å². The maximum atomic E-state index is 13.9. The fourth-order valence-electron chi connectivity index (χ4n) is 2.92. The number of rotatable bonds is 8. The minimum atomic E-state index is -0.970. The van der Waals surface area contributed by atoms with Crippen LogP contribution >= 0.6 is 23.4 Å². The Balaban J connectivity index is 2.54. The molecular weight excluding hydrogens is 395 g/mol. The van der Waals surface area contributed by atoms with Gasteiger partial charge in [-0.2, -0.15) is 16.8 Å². The molecule has 146 valence electrons. The summed E-state index contributed by atoms with van der Waals surface area (Å²) in [5, 5.41) is 0.928. The second-order valence-corrected chi connectivity index (χ2v) is 7.21. The molecule has 0 fully saturated rings. The van der Waals surface area contributed by atoms with E-state index in [2.05, 4.69) is 0 Å². The van der Waals surface area contributed by atoms with Gasteiger partial charge < -0.3 is 9.63 Å². The zero-order valence-electron chi connectivity index (χ0n) is 14.9. The number of benzene rings is 1. The average Bonchev–Trinajstić information content (AvgIpc) is 2.63. The zero-order chi connectivity index (χ0) is 20.0. The van der Waals surface area contributed by atoms with Gasteiger partial charge in [0.1, 0.15) is 12.1 Å². The van der Waals surface area contributed by atoms with Crippen LogP contribution in [0, 0.1) is 5.82 Å². The number of carbonyl (C=O) groups excluding carboxylic acids is 3. The second-order valence-electron chi connectivity index (χ2n) is 5.84. The van der Waals surface area contributed by atoms with Crippen molar-refractivity contribution in [1.29, 1.82) is 0 Å². The quantitative estimate of drug-likeness (QED) is 0.478. The van der Waals surface area contributed by atoms with Crippen LogP contribution in [0.2, 0.25) is 5.02 Å². The van der Waals surface area contributed by atoms with Crippen LogP contribution in [0.3, 0.4) is 0 Å². The molecule has 0 saturated heterocycles. The van der Waals surface area contributed by atoms with E-state index in [0.717, 1.165) is 10.8 Å². The molecule has 27 heavy (non-hydrogen) atoms. The van der Waals surface area contributed by atoms with Crippen LogP contribution in [0.25, 0.3) is 5.57 Å². The standard InChI is InChI=1S/C18H20ClFN2O4S/c1-12(25)26-22-9-14(13-5-3-6-15(20)18(13)19)16(10-23)21(17(22)11-24)7-4-8-27-2/h3,5-6,9-11,16-17H,4,7-8H2,1-2H3. The van der Waals surface area contributed by atoms with Crippen molar-refractivity contribution in [1.82, 2.24) is 9.96 Å². The van der Waals surface area contributed by atoms with Crippen LogP contribution in [0.4, 0.5) is 4.39 Å². The van der Waals surface area contributed by atoms with Crippen molar-refractivity contribution < 1.29 is 23.6 Å². The molecule has 0 N–H and O–H groups in total. The van der Waals surface area contributed by atoms with Crippen molar-refractivity contribution in [3.63, 3.8) is 0 Å². The summed E-state index contributed by atoms with van der Waals surface area (Å²) in [7, 11) is 0. The lowest BCUT2D eigenvalue weighted by Gasteiger charge is -2.42. The largest absolute Gasteiger partial charge is 0.340 e. The Bertz CT molecular complexity index is 746. The minimum absolute atomic E-state index is 0.146. The van der Waals surface area contributed by atoms with Crippen molar-refractivity contribution in [2.24, 2.45) is 0 Å². The molecule has 0 spiro atoms. The Hall–Kier alpha value is -1.90. The summed E-state index contributed by atoms with van der Waals surface area (Å²) in [6.07, 6.45) is 4.31. The average molecular weight is 415 g/mol. The lowest BCUT2D eigenvalue weighted by atomic mass is 9.96. The van der Waals surface area contributed by atoms with E-state index in [0.29, 0.717) is 36.7 Å². The first kappa shape index (κ1) is 21.4. The summed E-state index contributed by atoms with van der Waals surface area (Å²) >= 11 is 7.73. The molecule has 0 saturated carbocycles. The number of aldehydes is 2. The van der Waals surface area contributed by atoms with Crippen molar-refractivity contribution in [2.45, 2.75) is 25.6 Å². The van der Waals surface area contributed by atoms with Gasteiger partial charge in [0.15, 0.2) is 12.5 Å². The highest BCUT2D eigenvalue weighted by atomic mass is 35.5. The zero-order valence-corrected chi connectivity index (χ0v) is 16.5. The SMILES string of the molecule is CSCCCN1C(C=O)C(c2cccc(F)c2Cl)=CN(OC(C)=O)C1C=O. The summed E-state index contributed by atoms with van der Waals surface area (Å²) in [6.45, 7) is 1.60. The Morgan fingerprint density at radius 2 is 2.11 bits per heavy atom. The fraction of sp³-hybridized carbons (Fsp3) is 0.389. The Labute approximate surface area is 166 Å². The molecule has 0 aliphatic carbocycles. The molecule has 0 aromatic heterocycles. The van der Waals surface area contributed by atoms with E-state index in [4.69, 9.17) is 16.4 Å². The summed E-state index contributed by atoms with van der Waals surface area (Å²) < 4.78 is 13.9. The summed E-state index contributed by atoms with van der Waals surface area (Å²) in [5.74, 6) is -0.442. The third-order valence-electron chi connectivity index (χ3n) is 4.05. The van der Waals surface area contributed by atoms with Crippen molar-refractivity contribution in [3.05, 3.63) is 40.8 Å². The lowest BCUT2D eigenvalue weighted by Crippen LogP contribution is -2.56. The van der Waals surface area contributed by atoms with Gasteiger partial charge in [0.25, 0.3) is 0 Å². The molecule has 1 aromatic carbocycles. The summed E-state index contributed by atoms with van der Waals surface area (Å²) in [5.41, 5.74) is 0.642. The predicted molar refractivity (Wildman–Crippen MR) is 102 cm³/mol. The molecule has 0 radical (unpaired) electrons. The number of hydrogen-bond acceptors (Lipinski definition) is 7. The van der Waals surface area contributed by atoms with Crippen LogP contribution in [-0.4, -0.2) is 59.3 Å². The number of thioether (sulfide) groups is 1. The summed E-state index contributed by atoms with van der Waals surface area (Å²) in [4.78, 5) is 41.8. The number of hydroxylamine groups is 2. The van der Waals surface area contributed by atoms with Crippen LogP contribution in [0.5, 0.6) is 0 Å². The van der Waals surface area contributed by atoms with Gasteiger partial charge in [0.2, 0.25) is 0 Å². The van der Waals surface area contributed by atoms with E-state index in [-0.39, 0.29) is 5.02 Å². The first-order valence-electron chi connectivity index (χ1n) is 8.22. The van der Waals surface area contributed by atoms with Crippen LogP contribution in [0.1, 0.15) is 18.9 Å². The van der Waals surface area contributed by atoms with Crippen LogP contribution < -0.4 is 0 Å². The lowest BCUT2D eigenvalue weighted by molar-refractivity contribution is -0.199. The molecule has 6 nitrogen and oxygen atoms in total. The molecule has 1 aliphatic rings. The molecule has 1 heterocycles. The third kappa shape index (κ3) is 4.88. The molecular formula is C18H20ClFN2O4S. The van der Waals surface area contributed by atoms with E-state index >= 15 is 0 Å². The first-order chi connectivity index (χ1) is 12.9. The normalized spacial score (nSPS) is 20.1. The monoisotopic (exact) mass is 414 g/mol. The van der Waals surface area contributed by atoms with Gasteiger partial charge in [0.05, 0.1) is 11.1 Å². The third-order valence-corrected chi connectivity index (χ3v) is 5.14. The van der Waals surface area contributed by atoms with Gasteiger partial charge in [-0.05, 0) is 24.5 Å². The number of carbonyl (C=O) groups is 3. The van der Waals surface area contributed by atoms with E-state index in [9.17, 15) is 18.8 Å². The maximum Gasteiger partial charge on any atom is 0.329 e. The fourth-order valence-corrected chi connectivity index (χ4v) is 3.57. The molecule has 9 heteroatoms. The van der Waals surface area contributed by atoms with Gasteiger partial charge in [-0.25, -0.2) is 4.39 Å². The van der Waals surface area contributed by atoms with Crippen LogP contribution in [0.15, 0.2) is 24.4 Å². The molecule has 0 amide bonds. The van der Waals surface area contributed by atoms with Gasteiger partial charge >= 0.3 is 5.97 Å². The van der Waals surface area contributed by atoms with Gasteiger partial charge in [-0.15, -0.1) is 0 Å². The molecule has 2 unspecified atom stereocenters. The minimum Gasteiger partial charge on any atom is -0.340 e. The maximum absolute atomic E-state index is 13.9. The van der Waals surface area contributed by atoms with Gasteiger partial charge in [0, 0.05) is 30.8 Å². The Morgan fingerprint density at radius 3 is 2.70 bits per heavy atom. The Kier molecular flexibility index (Phi) is 7.82. The van der Waals surface area contributed by atoms with E-state index in [1.54, 1.807) is 22.7 Å². The first-order valence-corrected chi connectivity index (χ1v) is 10.00. The number of halogens is 2. The second kappa shape index (κ2) is 9.87. The highest BCUT2D eigenvalue weighted by Crippen LogP contribution is 2.34. The van der Waals surface area contributed by atoms with E-state index in [1.165, 1.54) is 25.3 Å². The molecule has 2 rings (SSSR count). The molecule has 2 atom stereocenters. The van der Waals surface area contributed by atoms with E-state index in [1.807, 2.05) is 6.26 Å². The highest BCUT2D eigenvalue weighted by molar-refractivity contribution is 7.98. The van der Waals surface area contributed by atoms with Crippen molar-refractivity contribution in [3.8, 4) is 0 Å². The molecule has 1 aromatic rings. The Morgan fingerprint density at radius 1 is 1.37 bits per heavy atom. The number of nitrogens with zero attached hydrogens (tertiary/aromatic N) is 2. The van der Waals surface area contributed by atoms with Crippen LogP contribution in [-0.2, 0) is 19.2 Å². The topological polar surface area (TPSA) is 66.9 Å². The predicted octanol–water partition coefficient (Wildman–Crippen LogP) is 2.76. The molecule has 1 aliphatic heterocycles. The van der Waals surface area contributed by atoms with Crippen molar-refractivity contribution >= 4 is 47.5 Å². The highest BCUT2D eigenvalue weighted by Gasteiger charge is 2.39. The van der Waals surface area contributed by atoms with E-state index < -0.39 is 24.0 Å². The number of hydrogen-bond donors (Lipinski definition) is 0.